The molecule has 1 aromatic carbocycles. The molecule has 1 unspecified atom stereocenters. The van der Waals surface area contributed by atoms with Crippen LogP contribution < -0.4 is 10.5 Å². The summed E-state index contributed by atoms with van der Waals surface area (Å²) in [7, 11) is 1.38. The van der Waals surface area contributed by atoms with Gasteiger partial charge in [0.05, 0.1) is 26.7 Å². The van der Waals surface area contributed by atoms with Crippen LogP contribution in [0.25, 0.3) is 0 Å². The second-order valence-corrected chi connectivity index (χ2v) is 5.40. The quantitative estimate of drug-likeness (QED) is 0.877. The zero-order valence-corrected chi connectivity index (χ0v) is 12.6. The molecule has 0 bridgehead atoms. The Labute approximate surface area is 128 Å². The van der Waals surface area contributed by atoms with E-state index >= 15 is 0 Å². The average Bonchev–Trinajstić information content (AvgIpc) is 2.47. The van der Waals surface area contributed by atoms with Crippen LogP contribution in [-0.2, 0) is 20.7 Å². The maximum absolute atomic E-state index is 13.6. The van der Waals surface area contributed by atoms with Crippen molar-refractivity contribution in [3.05, 3.63) is 29.6 Å². The van der Waals surface area contributed by atoms with E-state index in [1.54, 1.807) is 13.0 Å². The summed E-state index contributed by atoms with van der Waals surface area (Å²) in [6, 6.07) is 4.38. The number of nitrogens with two attached hydrogens (primary N) is 1. The Bertz CT molecular complexity index is 593. The van der Waals surface area contributed by atoms with Gasteiger partial charge in [-0.3, -0.25) is 9.59 Å². The number of carbonyl (C=O) groups is 2. The highest BCUT2D eigenvalue weighted by Gasteiger charge is 2.39. The first-order valence-corrected chi connectivity index (χ1v) is 6.90. The molecule has 0 radical (unpaired) electrons. The van der Waals surface area contributed by atoms with Crippen molar-refractivity contribution in [2.45, 2.75) is 18.9 Å². The molecule has 1 saturated heterocycles. The molecule has 120 valence electrons. The van der Waals surface area contributed by atoms with Gasteiger partial charge < -0.3 is 20.1 Å². The maximum atomic E-state index is 13.6. The van der Waals surface area contributed by atoms with Gasteiger partial charge in [-0.05, 0) is 24.6 Å². The van der Waals surface area contributed by atoms with Gasteiger partial charge in [0, 0.05) is 6.54 Å². The second-order valence-electron chi connectivity index (χ2n) is 5.40. The summed E-state index contributed by atoms with van der Waals surface area (Å²) in [5.41, 5.74) is 4.66. The fraction of sp³-hybridized carbons (Fsp3) is 0.467. The number of hydrogen-bond acceptors (Lipinski definition) is 4. The van der Waals surface area contributed by atoms with Gasteiger partial charge in [-0.25, -0.2) is 4.39 Å². The molecular formula is C15H19FN2O4. The number of nitrogens with zero attached hydrogens (tertiary/aromatic N) is 1. The van der Waals surface area contributed by atoms with Crippen LogP contribution in [0.15, 0.2) is 18.2 Å². The van der Waals surface area contributed by atoms with Gasteiger partial charge in [-0.15, -0.1) is 0 Å². The number of carbonyl (C=O) groups excluding carboxylic acids is 2. The molecule has 1 atom stereocenters. The number of morpholine rings is 1. The number of primary amides is 1. The summed E-state index contributed by atoms with van der Waals surface area (Å²) in [5.74, 6) is -1.21. The SMILES string of the molecule is COc1ccc(CC(=O)N2CCOC(C)(C(N)=O)C2)cc1F. The number of halogens is 1. The summed E-state index contributed by atoms with van der Waals surface area (Å²) in [5, 5.41) is 0. The normalized spacial score (nSPS) is 21.5. The summed E-state index contributed by atoms with van der Waals surface area (Å²) in [6.45, 7) is 2.27. The minimum Gasteiger partial charge on any atom is -0.494 e. The van der Waals surface area contributed by atoms with E-state index in [0.29, 0.717) is 12.1 Å². The average molecular weight is 310 g/mol. The molecule has 1 heterocycles. The minimum absolute atomic E-state index is 0.0375. The zero-order chi connectivity index (χ0) is 16.3. The highest BCUT2D eigenvalue weighted by Crippen LogP contribution is 2.20. The van der Waals surface area contributed by atoms with Crippen molar-refractivity contribution in [1.82, 2.24) is 4.90 Å². The Morgan fingerprint density at radius 1 is 1.50 bits per heavy atom. The number of hydrogen-bond donors (Lipinski definition) is 1. The van der Waals surface area contributed by atoms with Crippen LogP contribution in [-0.4, -0.2) is 49.1 Å². The van der Waals surface area contributed by atoms with Crippen molar-refractivity contribution in [3.8, 4) is 5.75 Å². The fourth-order valence-corrected chi connectivity index (χ4v) is 2.34. The van der Waals surface area contributed by atoms with Gasteiger partial charge in [0.15, 0.2) is 17.2 Å². The molecule has 1 aliphatic heterocycles. The third-order valence-electron chi connectivity index (χ3n) is 3.72. The molecule has 1 aliphatic rings. The van der Waals surface area contributed by atoms with Crippen LogP contribution in [0, 0.1) is 5.82 Å². The van der Waals surface area contributed by atoms with E-state index in [9.17, 15) is 14.0 Å². The van der Waals surface area contributed by atoms with Gasteiger partial charge in [-0.2, -0.15) is 0 Å². The number of benzene rings is 1. The van der Waals surface area contributed by atoms with Crippen molar-refractivity contribution in [3.63, 3.8) is 0 Å². The van der Waals surface area contributed by atoms with Gasteiger partial charge in [0.1, 0.15) is 0 Å². The summed E-state index contributed by atoms with van der Waals surface area (Å²) in [4.78, 5) is 25.2. The number of amides is 2. The van der Waals surface area contributed by atoms with Crippen molar-refractivity contribution < 1.29 is 23.5 Å². The molecule has 1 fully saturated rings. The Morgan fingerprint density at radius 2 is 2.23 bits per heavy atom. The van der Waals surface area contributed by atoms with Gasteiger partial charge >= 0.3 is 0 Å². The molecule has 2 N–H and O–H groups in total. The van der Waals surface area contributed by atoms with Crippen molar-refractivity contribution >= 4 is 11.8 Å². The third-order valence-corrected chi connectivity index (χ3v) is 3.72. The Kier molecular flexibility index (Phi) is 4.65. The lowest BCUT2D eigenvalue weighted by Gasteiger charge is -2.38. The van der Waals surface area contributed by atoms with Gasteiger partial charge in [-0.1, -0.05) is 6.07 Å². The minimum atomic E-state index is -1.18. The lowest BCUT2D eigenvalue weighted by Crippen LogP contribution is -2.58. The molecule has 0 saturated carbocycles. The first-order valence-electron chi connectivity index (χ1n) is 6.90. The molecule has 7 heteroatoms. The molecule has 0 aliphatic carbocycles. The van der Waals surface area contributed by atoms with Crippen LogP contribution in [0.5, 0.6) is 5.75 Å². The highest BCUT2D eigenvalue weighted by atomic mass is 19.1. The van der Waals surface area contributed by atoms with E-state index in [1.165, 1.54) is 24.1 Å². The lowest BCUT2D eigenvalue weighted by molar-refractivity contribution is -0.160. The van der Waals surface area contributed by atoms with E-state index < -0.39 is 17.3 Å². The van der Waals surface area contributed by atoms with Crippen molar-refractivity contribution in [2.75, 3.05) is 26.8 Å². The molecule has 1 aromatic rings. The van der Waals surface area contributed by atoms with Crippen LogP contribution in [0.1, 0.15) is 12.5 Å². The van der Waals surface area contributed by atoms with Crippen LogP contribution in [0.4, 0.5) is 4.39 Å². The van der Waals surface area contributed by atoms with Gasteiger partial charge in [0.2, 0.25) is 5.91 Å². The summed E-state index contributed by atoms with van der Waals surface area (Å²) in [6.07, 6.45) is 0.0375. The van der Waals surface area contributed by atoms with E-state index in [2.05, 4.69) is 0 Å². The van der Waals surface area contributed by atoms with Crippen LogP contribution in [0.3, 0.4) is 0 Å². The second kappa shape index (κ2) is 6.31. The first-order chi connectivity index (χ1) is 10.4. The maximum Gasteiger partial charge on any atom is 0.251 e. The standard InChI is InChI=1S/C15H19FN2O4/c1-15(14(17)20)9-18(5-6-22-15)13(19)8-10-3-4-12(21-2)11(16)7-10/h3-4,7H,5-6,8-9H2,1-2H3,(H2,17,20). The summed E-state index contributed by atoms with van der Waals surface area (Å²) >= 11 is 0. The third kappa shape index (κ3) is 3.36. The molecule has 0 aromatic heterocycles. The summed E-state index contributed by atoms with van der Waals surface area (Å²) < 4.78 is 23.8. The smallest absolute Gasteiger partial charge is 0.251 e. The Balaban J connectivity index is 2.06. The van der Waals surface area contributed by atoms with Gasteiger partial charge in [0.25, 0.3) is 5.91 Å². The Morgan fingerprint density at radius 3 is 2.82 bits per heavy atom. The predicted molar refractivity (Wildman–Crippen MR) is 76.8 cm³/mol. The first kappa shape index (κ1) is 16.2. The fourth-order valence-electron chi connectivity index (χ4n) is 2.34. The predicted octanol–water partition coefficient (Wildman–Crippen LogP) is 0.480. The highest BCUT2D eigenvalue weighted by molar-refractivity contribution is 5.85. The van der Waals surface area contributed by atoms with E-state index in [-0.39, 0.29) is 31.2 Å². The van der Waals surface area contributed by atoms with E-state index in [0.717, 1.165) is 0 Å². The lowest BCUT2D eigenvalue weighted by atomic mass is 10.0. The number of ether oxygens (including phenoxy) is 2. The van der Waals surface area contributed by atoms with Crippen molar-refractivity contribution in [1.29, 1.82) is 0 Å². The topological polar surface area (TPSA) is 81.9 Å². The van der Waals surface area contributed by atoms with E-state index in [4.69, 9.17) is 15.2 Å². The zero-order valence-electron chi connectivity index (χ0n) is 12.6. The molecule has 2 amide bonds. The van der Waals surface area contributed by atoms with Crippen LogP contribution >= 0.6 is 0 Å². The van der Waals surface area contributed by atoms with E-state index in [1.807, 2.05) is 0 Å². The molecule has 0 spiro atoms. The van der Waals surface area contributed by atoms with Crippen LogP contribution in [0.2, 0.25) is 0 Å². The monoisotopic (exact) mass is 310 g/mol. The number of rotatable bonds is 4. The molecule has 6 nitrogen and oxygen atoms in total. The molecule has 22 heavy (non-hydrogen) atoms. The molecular weight excluding hydrogens is 291 g/mol. The Hall–Kier alpha value is -2.15. The number of methoxy groups -OCH3 is 1. The van der Waals surface area contributed by atoms with Crippen molar-refractivity contribution in [2.24, 2.45) is 5.73 Å². The largest absolute Gasteiger partial charge is 0.494 e. The molecule has 2 rings (SSSR count).